The molecule has 0 fully saturated rings. The van der Waals surface area contributed by atoms with Crippen molar-refractivity contribution in [2.24, 2.45) is 0 Å². The van der Waals surface area contributed by atoms with Crippen LogP contribution in [-0.2, 0) is 26.0 Å². The Hall–Kier alpha value is -2.97. The van der Waals surface area contributed by atoms with E-state index in [0.29, 0.717) is 12.2 Å². The number of β-amino-alcohol motifs (C(OH)–C–C–N with tert-alkyl or cyclic N) is 1. The summed E-state index contributed by atoms with van der Waals surface area (Å²) in [6.45, 7) is 0.358. The summed E-state index contributed by atoms with van der Waals surface area (Å²) in [5.41, 5.74) is 2.83. The monoisotopic (exact) mass is 639 g/mol. The fourth-order valence-corrected chi connectivity index (χ4v) is 6.97. The molecule has 2 aliphatic rings. The van der Waals surface area contributed by atoms with Gasteiger partial charge in [-0.3, -0.25) is 4.79 Å². The van der Waals surface area contributed by atoms with Crippen molar-refractivity contribution in [3.05, 3.63) is 77.4 Å². The summed E-state index contributed by atoms with van der Waals surface area (Å²) in [5.74, 6) is -1.18. The number of hydrogen-bond acceptors (Lipinski definition) is 7. The molecule has 0 saturated carbocycles. The molecule has 13 heteroatoms. The lowest BCUT2D eigenvalue weighted by molar-refractivity contribution is -0.130. The van der Waals surface area contributed by atoms with Crippen molar-refractivity contribution in [3.8, 4) is 5.75 Å². The Labute approximate surface area is 256 Å². The SMILES string of the molecule is COc1ccc2c(c1)[C@@H]1C[C@H]2OC/C=C/CC[C@H](N(C)S(=O)(=O)CCC(F)(F)F)C(=O)N[C@@H](Cc2ccccc2)[C@H](O)CN1. The minimum atomic E-state index is -4.67. The van der Waals surface area contributed by atoms with E-state index in [2.05, 4.69) is 10.6 Å². The smallest absolute Gasteiger partial charge is 0.390 e. The number of amides is 1. The van der Waals surface area contributed by atoms with Gasteiger partial charge in [0.2, 0.25) is 15.9 Å². The van der Waals surface area contributed by atoms with Gasteiger partial charge in [-0.05, 0) is 54.5 Å². The lowest BCUT2D eigenvalue weighted by Crippen LogP contribution is -2.55. The van der Waals surface area contributed by atoms with Gasteiger partial charge in [0, 0.05) is 19.6 Å². The van der Waals surface area contributed by atoms with Crippen LogP contribution < -0.4 is 15.4 Å². The van der Waals surface area contributed by atoms with E-state index in [4.69, 9.17) is 9.47 Å². The van der Waals surface area contributed by atoms with Crippen molar-refractivity contribution >= 4 is 15.9 Å². The number of ether oxygens (including phenoxy) is 2. The maximum absolute atomic E-state index is 13.7. The molecular weight excluding hydrogens is 599 g/mol. The van der Waals surface area contributed by atoms with Gasteiger partial charge in [-0.25, -0.2) is 8.42 Å². The first-order valence-electron chi connectivity index (χ1n) is 14.6. The number of carbonyl (C=O) groups is 1. The lowest BCUT2D eigenvalue weighted by Gasteiger charge is -2.31. The van der Waals surface area contributed by atoms with Crippen LogP contribution in [-0.4, -0.2) is 81.2 Å². The van der Waals surface area contributed by atoms with Crippen molar-refractivity contribution in [2.75, 3.05) is 33.1 Å². The highest BCUT2D eigenvalue weighted by Crippen LogP contribution is 2.42. The highest BCUT2D eigenvalue weighted by Gasteiger charge is 2.37. The molecule has 3 N–H and O–H groups in total. The first kappa shape index (κ1) is 33.9. The second kappa shape index (κ2) is 14.9. The molecule has 2 aromatic carbocycles. The number of rotatable bonds is 7. The van der Waals surface area contributed by atoms with Crippen molar-refractivity contribution in [1.82, 2.24) is 14.9 Å². The Kier molecular flexibility index (Phi) is 11.5. The Morgan fingerprint density at radius 2 is 1.86 bits per heavy atom. The summed E-state index contributed by atoms with van der Waals surface area (Å²) >= 11 is 0. The highest BCUT2D eigenvalue weighted by molar-refractivity contribution is 7.89. The molecule has 1 amide bonds. The van der Waals surface area contributed by atoms with Gasteiger partial charge >= 0.3 is 6.18 Å². The van der Waals surface area contributed by atoms with Gasteiger partial charge < -0.3 is 25.2 Å². The summed E-state index contributed by atoms with van der Waals surface area (Å²) in [6, 6.07) is 12.7. The van der Waals surface area contributed by atoms with Crippen molar-refractivity contribution < 1.29 is 41.0 Å². The number of benzene rings is 2. The number of halogens is 3. The molecule has 242 valence electrons. The Balaban J connectivity index is 1.62. The molecule has 9 nitrogen and oxygen atoms in total. The van der Waals surface area contributed by atoms with Crippen LogP contribution in [0.4, 0.5) is 13.2 Å². The molecule has 0 saturated heterocycles. The molecule has 2 bridgehead atoms. The second-order valence-corrected chi connectivity index (χ2v) is 13.3. The molecule has 0 radical (unpaired) electrons. The van der Waals surface area contributed by atoms with E-state index in [9.17, 15) is 31.5 Å². The average Bonchev–Trinajstić information content (AvgIpc) is 3.34. The van der Waals surface area contributed by atoms with Crippen molar-refractivity contribution in [2.45, 2.75) is 68.6 Å². The maximum Gasteiger partial charge on any atom is 0.390 e. The molecule has 5 atom stereocenters. The molecule has 2 aromatic rings. The number of aliphatic hydroxyl groups excluding tert-OH is 1. The van der Waals surface area contributed by atoms with E-state index >= 15 is 0 Å². The van der Waals surface area contributed by atoms with E-state index in [0.717, 1.165) is 28.0 Å². The average molecular weight is 640 g/mol. The van der Waals surface area contributed by atoms with Crippen LogP contribution in [0, 0.1) is 0 Å². The first-order chi connectivity index (χ1) is 20.9. The largest absolute Gasteiger partial charge is 0.497 e. The Morgan fingerprint density at radius 1 is 1.11 bits per heavy atom. The molecule has 1 heterocycles. The highest BCUT2D eigenvalue weighted by atomic mass is 32.2. The molecule has 1 aliphatic heterocycles. The van der Waals surface area contributed by atoms with Crippen LogP contribution in [0.5, 0.6) is 5.75 Å². The molecule has 0 spiro atoms. The van der Waals surface area contributed by atoms with E-state index in [1.54, 1.807) is 19.3 Å². The number of aliphatic hydroxyl groups is 1. The van der Waals surface area contributed by atoms with E-state index < -0.39 is 52.5 Å². The topological polar surface area (TPSA) is 117 Å². The van der Waals surface area contributed by atoms with Crippen LogP contribution in [0.3, 0.4) is 0 Å². The maximum atomic E-state index is 13.7. The molecule has 0 aromatic heterocycles. The molecule has 0 unspecified atom stereocenters. The first-order valence-corrected chi connectivity index (χ1v) is 16.2. The van der Waals surface area contributed by atoms with Gasteiger partial charge in [-0.2, -0.15) is 17.5 Å². The van der Waals surface area contributed by atoms with Crippen LogP contribution in [0.1, 0.15) is 54.5 Å². The fraction of sp³-hybridized carbons (Fsp3) is 0.516. The molecular formula is C31H40F3N3O6S. The fourth-order valence-electron chi connectivity index (χ4n) is 5.60. The third-order valence-electron chi connectivity index (χ3n) is 8.12. The number of likely N-dealkylation sites (N-methyl/N-ethyl adjacent to an activating group) is 1. The number of alkyl halides is 3. The normalized spacial score (nSPS) is 26.2. The van der Waals surface area contributed by atoms with Crippen LogP contribution in [0.25, 0.3) is 0 Å². The van der Waals surface area contributed by atoms with Crippen molar-refractivity contribution in [3.63, 3.8) is 0 Å². The predicted octanol–water partition coefficient (Wildman–Crippen LogP) is 3.81. The van der Waals surface area contributed by atoms with Gasteiger partial charge in [0.1, 0.15) is 11.8 Å². The molecule has 1 aliphatic carbocycles. The van der Waals surface area contributed by atoms with E-state index in [1.807, 2.05) is 48.5 Å². The van der Waals surface area contributed by atoms with Gasteiger partial charge in [0.15, 0.2) is 0 Å². The van der Waals surface area contributed by atoms with E-state index in [1.165, 1.54) is 0 Å². The van der Waals surface area contributed by atoms with Crippen molar-refractivity contribution in [1.29, 1.82) is 0 Å². The number of fused-ring (bicyclic) bond motifs is 5. The summed E-state index contributed by atoms with van der Waals surface area (Å²) in [5, 5.41) is 17.6. The van der Waals surface area contributed by atoms with Gasteiger partial charge in [-0.15, -0.1) is 0 Å². The summed E-state index contributed by atoms with van der Waals surface area (Å²) in [4.78, 5) is 13.7. The molecule has 4 rings (SSSR count). The number of carbonyl (C=O) groups excluding carboxylic acids is 1. The third kappa shape index (κ3) is 9.04. The zero-order valence-electron chi connectivity index (χ0n) is 24.8. The van der Waals surface area contributed by atoms with Crippen LogP contribution in [0.15, 0.2) is 60.7 Å². The van der Waals surface area contributed by atoms with Gasteiger partial charge in [0.25, 0.3) is 0 Å². The zero-order chi connectivity index (χ0) is 31.9. The number of nitrogens with zero attached hydrogens (tertiary/aromatic N) is 1. The Bertz CT molecular complexity index is 1390. The Morgan fingerprint density at radius 3 is 2.57 bits per heavy atom. The zero-order valence-corrected chi connectivity index (χ0v) is 25.6. The quantitative estimate of drug-likeness (QED) is 0.395. The second-order valence-electron chi connectivity index (χ2n) is 11.1. The summed E-state index contributed by atoms with van der Waals surface area (Å²) in [6.07, 6.45) is -2.78. The van der Waals surface area contributed by atoms with E-state index in [-0.39, 0.29) is 44.6 Å². The lowest BCUT2D eigenvalue weighted by atomic mass is 9.99. The minimum Gasteiger partial charge on any atom is -0.497 e. The number of hydrogen-bond donors (Lipinski definition) is 3. The van der Waals surface area contributed by atoms with Crippen LogP contribution in [0.2, 0.25) is 0 Å². The van der Waals surface area contributed by atoms with Gasteiger partial charge in [0.05, 0.1) is 44.1 Å². The number of allylic oxidation sites excluding steroid dienone is 1. The standard InChI is InChI=1S/C31H40F3N3O6S/c1-37(44(40,41)16-14-31(32,33)34)27-11-7-4-8-15-43-29-19-25(24-18-22(42-2)12-13-23(24)29)35-20-28(38)26(36-30(27)39)17-21-9-5-3-6-10-21/h3-6,8-10,12-13,18,25-29,35,38H,7,11,14-17,19-20H2,1-2H3,(H,36,39)/b8-4+/t25-,26-,27-,28+,29+/m0/s1. The summed E-state index contributed by atoms with van der Waals surface area (Å²) in [7, 11) is -1.72. The number of methoxy groups -OCH3 is 1. The summed E-state index contributed by atoms with van der Waals surface area (Å²) < 4.78 is 76.7. The number of nitrogens with one attached hydrogen (secondary N) is 2. The van der Waals surface area contributed by atoms with Crippen LogP contribution >= 0.6 is 0 Å². The van der Waals surface area contributed by atoms with Gasteiger partial charge in [-0.1, -0.05) is 48.6 Å². The minimum absolute atomic E-state index is 0.0185. The molecule has 44 heavy (non-hydrogen) atoms. The predicted molar refractivity (Wildman–Crippen MR) is 160 cm³/mol. The number of sulfonamides is 1. The third-order valence-corrected chi connectivity index (χ3v) is 9.97.